The Labute approximate surface area is 119 Å². The van der Waals surface area contributed by atoms with E-state index in [0.29, 0.717) is 18.6 Å². The van der Waals surface area contributed by atoms with Crippen LogP contribution in [-0.4, -0.2) is 35.2 Å². The zero-order chi connectivity index (χ0) is 14.1. The maximum absolute atomic E-state index is 5.73. The minimum Gasteiger partial charge on any atom is -0.464 e. The Bertz CT molecular complexity index is 481. The number of nitrogens with two attached hydrogens (primary N) is 1. The Kier molecular flexibility index (Phi) is 3.63. The van der Waals surface area contributed by atoms with Gasteiger partial charge in [0.1, 0.15) is 0 Å². The van der Waals surface area contributed by atoms with Gasteiger partial charge in [0.25, 0.3) is 0 Å². The first-order chi connectivity index (χ1) is 9.65. The Morgan fingerprint density at radius 1 is 1.25 bits per heavy atom. The molecule has 3 atom stereocenters. The SMILES string of the molecule is CCOc1nc(N)nc(N(C)CC2CC3CCC2C3)n1. The number of fused-ring (bicyclic) bond motifs is 2. The van der Waals surface area contributed by atoms with Gasteiger partial charge in [0, 0.05) is 13.6 Å². The van der Waals surface area contributed by atoms with Crippen molar-refractivity contribution in [2.24, 2.45) is 17.8 Å². The van der Waals surface area contributed by atoms with Gasteiger partial charge in [-0.2, -0.15) is 15.0 Å². The largest absolute Gasteiger partial charge is 0.464 e. The Hall–Kier alpha value is -1.59. The van der Waals surface area contributed by atoms with Crippen LogP contribution >= 0.6 is 0 Å². The molecule has 6 nitrogen and oxygen atoms in total. The molecule has 1 heterocycles. The van der Waals surface area contributed by atoms with Crippen LogP contribution in [-0.2, 0) is 0 Å². The molecule has 0 spiro atoms. The van der Waals surface area contributed by atoms with Crippen molar-refractivity contribution in [2.45, 2.75) is 32.6 Å². The summed E-state index contributed by atoms with van der Waals surface area (Å²) >= 11 is 0. The molecule has 0 saturated heterocycles. The van der Waals surface area contributed by atoms with E-state index in [9.17, 15) is 0 Å². The van der Waals surface area contributed by atoms with Crippen LogP contribution in [0.1, 0.15) is 32.6 Å². The predicted octanol–water partition coefficient (Wildman–Crippen LogP) is 1.72. The van der Waals surface area contributed by atoms with Crippen LogP contribution < -0.4 is 15.4 Å². The van der Waals surface area contributed by atoms with Crippen molar-refractivity contribution in [2.75, 3.05) is 30.8 Å². The fourth-order valence-corrected chi connectivity index (χ4v) is 3.76. The lowest BCUT2D eigenvalue weighted by atomic mass is 9.88. The standard InChI is InChI=1S/C14H23N5O/c1-3-20-14-17-12(15)16-13(18-14)19(2)8-11-7-9-4-5-10(11)6-9/h9-11H,3-8H2,1-2H3,(H2,15,16,17,18). The Morgan fingerprint density at radius 2 is 2.10 bits per heavy atom. The van der Waals surface area contributed by atoms with E-state index >= 15 is 0 Å². The first-order valence-electron chi connectivity index (χ1n) is 7.51. The predicted molar refractivity (Wildman–Crippen MR) is 77.6 cm³/mol. The molecule has 2 bridgehead atoms. The number of anilines is 2. The summed E-state index contributed by atoms with van der Waals surface area (Å²) < 4.78 is 5.33. The monoisotopic (exact) mass is 277 g/mol. The van der Waals surface area contributed by atoms with Crippen LogP contribution in [0.2, 0.25) is 0 Å². The van der Waals surface area contributed by atoms with E-state index in [1.165, 1.54) is 25.7 Å². The highest BCUT2D eigenvalue weighted by Gasteiger charge is 2.39. The summed E-state index contributed by atoms with van der Waals surface area (Å²) in [6.45, 7) is 3.42. The second kappa shape index (κ2) is 5.42. The smallest absolute Gasteiger partial charge is 0.323 e. The topological polar surface area (TPSA) is 77.2 Å². The molecule has 6 heteroatoms. The van der Waals surface area contributed by atoms with Gasteiger partial charge in [-0.25, -0.2) is 0 Å². The number of hydrogen-bond donors (Lipinski definition) is 1. The molecule has 0 aliphatic heterocycles. The van der Waals surface area contributed by atoms with Crippen molar-refractivity contribution >= 4 is 11.9 Å². The number of hydrogen-bond acceptors (Lipinski definition) is 6. The molecule has 2 N–H and O–H groups in total. The third-order valence-corrected chi connectivity index (χ3v) is 4.63. The summed E-state index contributed by atoms with van der Waals surface area (Å²) in [4.78, 5) is 14.6. The Morgan fingerprint density at radius 3 is 2.75 bits per heavy atom. The molecule has 110 valence electrons. The van der Waals surface area contributed by atoms with Gasteiger partial charge in [-0.15, -0.1) is 0 Å². The molecule has 1 aromatic rings. The summed E-state index contributed by atoms with van der Waals surface area (Å²) in [6, 6.07) is 0.315. The zero-order valence-corrected chi connectivity index (χ0v) is 12.2. The fraction of sp³-hybridized carbons (Fsp3) is 0.786. The molecule has 0 aromatic carbocycles. The summed E-state index contributed by atoms with van der Waals surface area (Å²) in [5, 5.41) is 0. The van der Waals surface area contributed by atoms with Gasteiger partial charge in [-0.05, 0) is 43.9 Å². The highest BCUT2D eigenvalue weighted by Crippen LogP contribution is 2.48. The van der Waals surface area contributed by atoms with Crippen molar-refractivity contribution in [3.05, 3.63) is 0 Å². The average Bonchev–Trinajstić information content (AvgIpc) is 3.00. The van der Waals surface area contributed by atoms with Crippen LogP contribution in [0.5, 0.6) is 6.01 Å². The van der Waals surface area contributed by atoms with Crippen LogP contribution in [0, 0.1) is 17.8 Å². The second-order valence-electron chi connectivity index (χ2n) is 6.02. The summed E-state index contributed by atoms with van der Waals surface area (Å²) in [6.07, 6.45) is 5.60. The van der Waals surface area contributed by atoms with Crippen molar-refractivity contribution < 1.29 is 4.74 Å². The first kappa shape index (κ1) is 13.4. The Balaban J connectivity index is 1.68. The van der Waals surface area contributed by atoms with E-state index in [0.717, 1.165) is 24.3 Å². The molecule has 2 fully saturated rings. The minimum atomic E-state index is 0.221. The van der Waals surface area contributed by atoms with Crippen molar-refractivity contribution in [3.63, 3.8) is 0 Å². The third kappa shape index (κ3) is 2.64. The van der Waals surface area contributed by atoms with Crippen LogP contribution in [0.25, 0.3) is 0 Å². The molecular formula is C14H23N5O. The normalized spacial score (nSPS) is 27.8. The van der Waals surface area contributed by atoms with Gasteiger partial charge in [0.05, 0.1) is 6.61 Å². The second-order valence-corrected chi connectivity index (χ2v) is 6.02. The highest BCUT2D eigenvalue weighted by molar-refractivity contribution is 5.35. The van der Waals surface area contributed by atoms with Crippen LogP contribution in [0.15, 0.2) is 0 Å². The highest BCUT2D eigenvalue weighted by atomic mass is 16.5. The maximum Gasteiger partial charge on any atom is 0.323 e. The zero-order valence-electron chi connectivity index (χ0n) is 12.2. The minimum absolute atomic E-state index is 0.221. The first-order valence-corrected chi connectivity index (χ1v) is 7.51. The quantitative estimate of drug-likeness (QED) is 0.883. The summed E-state index contributed by atoms with van der Waals surface area (Å²) in [7, 11) is 2.02. The van der Waals surface area contributed by atoms with Gasteiger partial charge >= 0.3 is 6.01 Å². The lowest BCUT2D eigenvalue weighted by Gasteiger charge is -2.27. The van der Waals surface area contributed by atoms with E-state index in [1.807, 2.05) is 14.0 Å². The molecule has 20 heavy (non-hydrogen) atoms. The number of nitrogens with zero attached hydrogens (tertiary/aromatic N) is 4. The van der Waals surface area contributed by atoms with Gasteiger partial charge in [-0.1, -0.05) is 6.42 Å². The molecule has 0 radical (unpaired) electrons. The molecule has 0 amide bonds. The molecular weight excluding hydrogens is 254 g/mol. The van der Waals surface area contributed by atoms with E-state index in [4.69, 9.17) is 10.5 Å². The summed E-state index contributed by atoms with van der Waals surface area (Å²) in [5.41, 5.74) is 5.73. The lowest BCUT2D eigenvalue weighted by molar-refractivity contribution is 0.310. The fourth-order valence-electron chi connectivity index (χ4n) is 3.76. The van der Waals surface area contributed by atoms with Crippen molar-refractivity contribution in [1.29, 1.82) is 0 Å². The van der Waals surface area contributed by atoms with Gasteiger partial charge < -0.3 is 15.4 Å². The molecule has 2 saturated carbocycles. The number of nitrogen functional groups attached to an aromatic ring is 1. The molecule has 3 rings (SSSR count). The number of rotatable bonds is 5. The molecule has 2 aliphatic rings. The van der Waals surface area contributed by atoms with Crippen molar-refractivity contribution in [3.8, 4) is 6.01 Å². The third-order valence-electron chi connectivity index (χ3n) is 4.63. The van der Waals surface area contributed by atoms with Gasteiger partial charge in [0.15, 0.2) is 0 Å². The molecule has 3 unspecified atom stereocenters. The van der Waals surface area contributed by atoms with E-state index < -0.39 is 0 Å². The lowest BCUT2D eigenvalue weighted by Crippen LogP contribution is -2.30. The van der Waals surface area contributed by atoms with E-state index in [-0.39, 0.29) is 5.95 Å². The van der Waals surface area contributed by atoms with Crippen LogP contribution in [0.4, 0.5) is 11.9 Å². The van der Waals surface area contributed by atoms with Gasteiger partial charge in [-0.3, -0.25) is 0 Å². The number of ether oxygens (including phenoxy) is 1. The van der Waals surface area contributed by atoms with E-state index in [2.05, 4.69) is 19.9 Å². The summed E-state index contributed by atoms with van der Waals surface area (Å²) in [5.74, 6) is 3.46. The van der Waals surface area contributed by atoms with Gasteiger partial charge in [0.2, 0.25) is 11.9 Å². The molecule has 2 aliphatic carbocycles. The number of aromatic nitrogens is 3. The van der Waals surface area contributed by atoms with Crippen LogP contribution in [0.3, 0.4) is 0 Å². The van der Waals surface area contributed by atoms with E-state index in [1.54, 1.807) is 0 Å². The molecule has 1 aromatic heterocycles. The maximum atomic E-state index is 5.73. The van der Waals surface area contributed by atoms with Crippen molar-refractivity contribution in [1.82, 2.24) is 15.0 Å². The average molecular weight is 277 g/mol.